The van der Waals surface area contributed by atoms with Gasteiger partial charge in [-0.2, -0.15) is 23.5 Å². The third-order valence-electron chi connectivity index (χ3n) is 3.29. The summed E-state index contributed by atoms with van der Waals surface area (Å²) in [4.78, 5) is 0. The number of unbranched alkanes of at least 4 members (excludes halogenated alkanes) is 5. The molecule has 116 valence electrons. The van der Waals surface area contributed by atoms with Gasteiger partial charge in [-0.15, -0.1) is 0 Å². The molecule has 0 unspecified atom stereocenters. The third kappa shape index (κ3) is 18.7. The first kappa shape index (κ1) is 19.7. The fraction of sp³-hybridized carbons (Fsp3) is 1.00. The summed E-state index contributed by atoms with van der Waals surface area (Å²) in [5, 5.41) is 0. The number of hydrogen-bond donors (Lipinski definition) is 0. The summed E-state index contributed by atoms with van der Waals surface area (Å²) < 4.78 is 0. The van der Waals surface area contributed by atoms with Gasteiger partial charge in [-0.05, 0) is 54.6 Å². The van der Waals surface area contributed by atoms with Crippen molar-refractivity contribution in [1.82, 2.24) is 0 Å². The molecule has 0 aromatic heterocycles. The van der Waals surface area contributed by atoms with E-state index in [0.717, 1.165) is 5.92 Å². The zero-order valence-corrected chi connectivity index (χ0v) is 15.2. The molecule has 0 nitrogen and oxygen atoms in total. The van der Waals surface area contributed by atoms with Gasteiger partial charge in [-0.25, -0.2) is 0 Å². The highest BCUT2D eigenvalue weighted by Crippen LogP contribution is 2.14. The van der Waals surface area contributed by atoms with E-state index in [4.69, 9.17) is 0 Å². The number of rotatable bonds is 15. The SMILES string of the molecule is CCCCCCCSCCCCSCCCC(C)C. The van der Waals surface area contributed by atoms with Gasteiger partial charge < -0.3 is 0 Å². The molecule has 0 aromatic carbocycles. The smallest absolute Gasteiger partial charge is 0.00672 e. The molecule has 0 saturated carbocycles. The molecule has 0 amide bonds. The van der Waals surface area contributed by atoms with Crippen LogP contribution in [0.25, 0.3) is 0 Å². The summed E-state index contributed by atoms with van der Waals surface area (Å²) in [6, 6.07) is 0. The number of thioether (sulfide) groups is 2. The largest absolute Gasteiger partial charge is 0.162 e. The van der Waals surface area contributed by atoms with Crippen molar-refractivity contribution in [3.8, 4) is 0 Å². The van der Waals surface area contributed by atoms with Crippen molar-refractivity contribution in [3.63, 3.8) is 0 Å². The van der Waals surface area contributed by atoms with Gasteiger partial charge in [-0.1, -0.05) is 52.9 Å². The quantitative estimate of drug-likeness (QED) is 0.311. The van der Waals surface area contributed by atoms with Crippen LogP contribution < -0.4 is 0 Å². The molecule has 0 aliphatic carbocycles. The maximum Gasteiger partial charge on any atom is -0.00672 e. The predicted octanol–water partition coefficient (Wildman–Crippen LogP) is 6.64. The lowest BCUT2D eigenvalue weighted by molar-refractivity contribution is 0.579. The monoisotopic (exact) mass is 304 g/mol. The fourth-order valence-corrected chi connectivity index (χ4v) is 4.02. The molecule has 0 heterocycles. The van der Waals surface area contributed by atoms with Crippen molar-refractivity contribution in [2.24, 2.45) is 5.92 Å². The molecule has 0 bridgehead atoms. The Morgan fingerprint density at radius 1 is 0.632 bits per heavy atom. The van der Waals surface area contributed by atoms with E-state index in [1.165, 1.54) is 80.8 Å². The molecule has 0 aliphatic heterocycles. The Morgan fingerprint density at radius 3 is 1.63 bits per heavy atom. The second kappa shape index (κ2) is 16.8. The average Bonchev–Trinajstić information content (AvgIpc) is 2.39. The molecular formula is C17H36S2. The zero-order chi connectivity index (χ0) is 14.2. The van der Waals surface area contributed by atoms with Crippen LogP contribution in [0.3, 0.4) is 0 Å². The van der Waals surface area contributed by atoms with Gasteiger partial charge in [-0.3, -0.25) is 0 Å². The molecular weight excluding hydrogens is 268 g/mol. The van der Waals surface area contributed by atoms with E-state index in [2.05, 4.69) is 44.3 Å². The molecule has 0 spiro atoms. The van der Waals surface area contributed by atoms with Gasteiger partial charge in [0.25, 0.3) is 0 Å². The van der Waals surface area contributed by atoms with Gasteiger partial charge in [0.1, 0.15) is 0 Å². The molecule has 0 aromatic rings. The van der Waals surface area contributed by atoms with Crippen molar-refractivity contribution < 1.29 is 0 Å². The van der Waals surface area contributed by atoms with Crippen LogP contribution in [-0.2, 0) is 0 Å². The molecule has 19 heavy (non-hydrogen) atoms. The molecule has 0 fully saturated rings. The minimum absolute atomic E-state index is 0.884. The molecule has 0 saturated heterocycles. The van der Waals surface area contributed by atoms with Crippen molar-refractivity contribution >= 4 is 23.5 Å². The Balaban J connectivity index is 2.91. The highest BCUT2D eigenvalue weighted by molar-refractivity contribution is 7.99. The third-order valence-corrected chi connectivity index (χ3v) is 5.60. The molecule has 0 rings (SSSR count). The molecule has 0 N–H and O–H groups in total. The van der Waals surface area contributed by atoms with Crippen molar-refractivity contribution in [2.45, 2.75) is 78.6 Å². The first-order valence-corrected chi connectivity index (χ1v) is 10.7. The minimum Gasteiger partial charge on any atom is -0.162 e. The first-order chi connectivity index (χ1) is 9.27. The van der Waals surface area contributed by atoms with Gasteiger partial charge in [0.15, 0.2) is 0 Å². The van der Waals surface area contributed by atoms with Crippen molar-refractivity contribution in [1.29, 1.82) is 0 Å². The lowest BCUT2D eigenvalue weighted by atomic mass is 10.1. The fourth-order valence-electron chi connectivity index (χ4n) is 2.01. The van der Waals surface area contributed by atoms with Crippen LogP contribution >= 0.6 is 23.5 Å². The van der Waals surface area contributed by atoms with Crippen molar-refractivity contribution in [2.75, 3.05) is 23.0 Å². The zero-order valence-electron chi connectivity index (χ0n) is 13.6. The summed E-state index contributed by atoms with van der Waals surface area (Å²) >= 11 is 4.34. The summed E-state index contributed by atoms with van der Waals surface area (Å²) in [7, 11) is 0. The lowest BCUT2D eigenvalue weighted by Gasteiger charge is -2.04. The van der Waals surface area contributed by atoms with Gasteiger partial charge >= 0.3 is 0 Å². The highest BCUT2D eigenvalue weighted by Gasteiger charge is 1.95. The highest BCUT2D eigenvalue weighted by atomic mass is 32.2. The normalized spacial score (nSPS) is 11.4. The van der Waals surface area contributed by atoms with Crippen LogP contribution in [0.1, 0.15) is 78.6 Å². The Hall–Kier alpha value is 0.700. The molecule has 0 aliphatic rings. The van der Waals surface area contributed by atoms with Gasteiger partial charge in [0.05, 0.1) is 0 Å². The number of hydrogen-bond acceptors (Lipinski definition) is 2. The summed E-state index contributed by atoms with van der Waals surface area (Å²) in [6.07, 6.45) is 12.8. The van der Waals surface area contributed by atoms with Crippen LogP contribution in [-0.4, -0.2) is 23.0 Å². The van der Waals surface area contributed by atoms with Gasteiger partial charge in [0, 0.05) is 0 Å². The lowest BCUT2D eigenvalue weighted by Crippen LogP contribution is -1.91. The maximum atomic E-state index is 2.32. The van der Waals surface area contributed by atoms with Crippen LogP contribution in [0.15, 0.2) is 0 Å². The summed E-state index contributed by atoms with van der Waals surface area (Å²) in [5.74, 6) is 6.43. The Labute approximate surface area is 131 Å². The molecule has 0 atom stereocenters. The van der Waals surface area contributed by atoms with E-state index >= 15 is 0 Å². The topological polar surface area (TPSA) is 0 Å². The van der Waals surface area contributed by atoms with E-state index in [-0.39, 0.29) is 0 Å². The maximum absolute atomic E-state index is 2.32. The summed E-state index contributed by atoms with van der Waals surface area (Å²) in [6.45, 7) is 6.93. The van der Waals surface area contributed by atoms with Crippen molar-refractivity contribution in [3.05, 3.63) is 0 Å². The first-order valence-electron chi connectivity index (χ1n) is 8.42. The van der Waals surface area contributed by atoms with E-state index < -0.39 is 0 Å². The predicted molar refractivity (Wildman–Crippen MR) is 96.7 cm³/mol. The second-order valence-corrected chi connectivity index (χ2v) is 8.33. The minimum atomic E-state index is 0.884. The van der Waals surface area contributed by atoms with Crippen LogP contribution in [0.4, 0.5) is 0 Å². The van der Waals surface area contributed by atoms with E-state index in [1.807, 2.05) is 0 Å². The Bertz CT molecular complexity index is 157. The standard InChI is InChI=1S/C17H36S2/c1-4-5-6-7-8-13-18-14-9-10-15-19-16-11-12-17(2)3/h17H,4-16H2,1-3H3. The van der Waals surface area contributed by atoms with Gasteiger partial charge in [0.2, 0.25) is 0 Å². The van der Waals surface area contributed by atoms with E-state index in [9.17, 15) is 0 Å². The van der Waals surface area contributed by atoms with Crippen LogP contribution in [0.5, 0.6) is 0 Å². The van der Waals surface area contributed by atoms with E-state index in [0.29, 0.717) is 0 Å². The molecule has 2 heteroatoms. The average molecular weight is 305 g/mol. The van der Waals surface area contributed by atoms with Crippen LogP contribution in [0.2, 0.25) is 0 Å². The Morgan fingerprint density at radius 2 is 1.11 bits per heavy atom. The molecule has 0 radical (unpaired) electrons. The Kier molecular flexibility index (Phi) is 17.4. The van der Waals surface area contributed by atoms with Crippen LogP contribution in [0, 0.1) is 5.92 Å². The second-order valence-electron chi connectivity index (χ2n) is 5.88. The summed E-state index contributed by atoms with van der Waals surface area (Å²) in [5.41, 5.74) is 0. The van der Waals surface area contributed by atoms with E-state index in [1.54, 1.807) is 0 Å².